The molecule has 2 saturated heterocycles. The number of ether oxygens (including phenoxy) is 5. The molecule has 2 aliphatic heterocycles. The Bertz CT molecular complexity index is 238. The minimum atomic E-state index is -0.681. The predicted molar refractivity (Wildman–Crippen MR) is 43.3 cm³/mol. The first-order valence-corrected chi connectivity index (χ1v) is 4.48. The van der Waals surface area contributed by atoms with Crippen LogP contribution in [0.15, 0.2) is 0 Å². The molecule has 0 amide bonds. The van der Waals surface area contributed by atoms with E-state index in [-0.39, 0.29) is 38.6 Å². The quantitative estimate of drug-likeness (QED) is 0.618. The van der Waals surface area contributed by atoms with Crippen molar-refractivity contribution in [1.29, 1.82) is 0 Å². The second-order valence-electron chi connectivity index (χ2n) is 3.14. The maximum atomic E-state index is 10.5. The Hall–Kier alpha value is -1.50. The van der Waals surface area contributed by atoms with Crippen molar-refractivity contribution in [2.75, 3.05) is 26.4 Å². The van der Waals surface area contributed by atoms with Crippen molar-refractivity contribution in [2.24, 2.45) is 0 Å². The summed E-state index contributed by atoms with van der Waals surface area (Å²) in [6.45, 7) is 0.832. The summed E-state index contributed by atoms with van der Waals surface area (Å²) in [4.78, 5) is 21.1. The molecule has 2 fully saturated rings. The van der Waals surface area contributed by atoms with Gasteiger partial charge in [0.25, 0.3) is 0 Å². The molecule has 2 rings (SSSR count). The van der Waals surface area contributed by atoms with E-state index >= 15 is 0 Å². The van der Waals surface area contributed by atoms with E-state index in [0.717, 1.165) is 0 Å². The van der Waals surface area contributed by atoms with Crippen molar-refractivity contribution in [3.63, 3.8) is 0 Å². The molecule has 0 aromatic rings. The number of cyclic esters (lactones) is 4. The summed E-state index contributed by atoms with van der Waals surface area (Å²) < 4.78 is 23.7. The van der Waals surface area contributed by atoms with Crippen molar-refractivity contribution >= 4 is 12.3 Å². The molecule has 15 heavy (non-hydrogen) atoms. The van der Waals surface area contributed by atoms with Crippen LogP contribution in [0.2, 0.25) is 0 Å². The first kappa shape index (κ1) is 10.0. The van der Waals surface area contributed by atoms with Crippen LogP contribution in [0.4, 0.5) is 9.59 Å². The van der Waals surface area contributed by atoms with Crippen molar-refractivity contribution in [3.8, 4) is 0 Å². The SMILES string of the molecule is O=C1OCC(COCC2COC(=O)O2)O1. The Balaban J connectivity index is 1.59. The van der Waals surface area contributed by atoms with Gasteiger partial charge in [-0.15, -0.1) is 0 Å². The molecule has 7 nitrogen and oxygen atoms in total. The van der Waals surface area contributed by atoms with Crippen LogP contribution in [0.1, 0.15) is 0 Å². The van der Waals surface area contributed by atoms with Gasteiger partial charge in [0.15, 0.2) is 12.2 Å². The first-order chi connectivity index (χ1) is 7.24. The Morgan fingerprint density at radius 2 is 1.47 bits per heavy atom. The summed E-state index contributed by atoms with van der Waals surface area (Å²) in [7, 11) is 0. The molecule has 0 radical (unpaired) electrons. The minimum Gasteiger partial charge on any atom is -0.430 e. The van der Waals surface area contributed by atoms with Gasteiger partial charge < -0.3 is 23.7 Å². The van der Waals surface area contributed by atoms with E-state index in [1.807, 2.05) is 0 Å². The fourth-order valence-corrected chi connectivity index (χ4v) is 1.23. The van der Waals surface area contributed by atoms with Gasteiger partial charge in [-0.05, 0) is 0 Å². The lowest BCUT2D eigenvalue weighted by molar-refractivity contribution is 0.00731. The van der Waals surface area contributed by atoms with Crippen LogP contribution < -0.4 is 0 Å². The van der Waals surface area contributed by atoms with Gasteiger partial charge >= 0.3 is 12.3 Å². The van der Waals surface area contributed by atoms with Crippen molar-refractivity contribution in [3.05, 3.63) is 0 Å². The fraction of sp³-hybridized carbons (Fsp3) is 0.750. The van der Waals surface area contributed by atoms with E-state index in [1.54, 1.807) is 0 Å². The summed E-state index contributed by atoms with van der Waals surface area (Å²) in [5, 5.41) is 0. The molecular weight excluding hydrogens is 208 g/mol. The number of hydrogen-bond donors (Lipinski definition) is 0. The molecule has 84 valence electrons. The Labute approximate surface area is 85.2 Å². The summed E-state index contributed by atoms with van der Waals surface area (Å²) in [5.74, 6) is 0. The molecule has 0 spiro atoms. The molecule has 0 aromatic carbocycles. The van der Waals surface area contributed by atoms with Crippen molar-refractivity contribution in [1.82, 2.24) is 0 Å². The zero-order valence-corrected chi connectivity index (χ0v) is 7.84. The Kier molecular flexibility index (Phi) is 2.91. The summed E-state index contributed by atoms with van der Waals surface area (Å²) in [6, 6.07) is 0. The lowest BCUT2D eigenvalue weighted by Gasteiger charge is -2.09. The number of carbonyl (C=O) groups is 2. The largest absolute Gasteiger partial charge is 0.508 e. The van der Waals surface area contributed by atoms with Gasteiger partial charge in [-0.2, -0.15) is 0 Å². The normalized spacial score (nSPS) is 29.3. The molecule has 0 N–H and O–H groups in total. The summed E-state index contributed by atoms with van der Waals surface area (Å²) in [5.41, 5.74) is 0. The number of hydrogen-bond acceptors (Lipinski definition) is 7. The topological polar surface area (TPSA) is 80.3 Å². The monoisotopic (exact) mass is 218 g/mol. The van der Waals surface area contributed by atoms with Crippen LogP contribution in [-0.2, 0) is 23.7 Å². The molecule has 0 bridgehead atoms. The third-order valence-electron chi connectivity index (χ3n) is 1.91. The zero-order valence-electron chi connectivity index (χ0n) is 7.84. The lowest BCUT2D eigenvalue weighted by atomic mass is 10.4. The van der Waals surface area contributed by atoms with Gasteiger partial charge in [-0.1, -0.05) is 0 Å². The van der Waals surface area contributed by atoms with E-state index in [2.05, 4.69) is 9.47 Å². The van der Waals surface area contributed by atoms with E-state index in [1.165, 1.54) is 0 Å². The minimum absolute atomic E-state index is 0.194. The second kappa shape index (κ2) is 4.35. The van der Waals surface area contributed by atoms with E-state index < -0.39 is 12.3 Å². The van der Waals surface area contributed by atoms with Gasteiger partial charge in [-0.25, -0.2) is 9.59 Å². The van der Waals surface area contributed by atoms with Crippen LogP contribution in [-0.4, -0.2) is 50.9 Å². The van der Waals surface area contributed by atoms with E-state index in [4.69, 9.17) is 14.2 Å². The Morgan fingerprint density at radius 1 is 1.00 bits per heavy atom. The first-order valence-electron chi connectivity index (χ1n) is 4.48. The van der Waals surface area contributed by atoms with Crippen LogP contribution in [0.3, 0.4) is 0 Å². The van der Waals surface area contributed by atoms with Gasteiger partial charge in [-0.3, -0.25) is 0 Å². The maximum Gasteiger partial charge on any atom is 0.508 e. The van der Waals surface area contributed by atoms with Crippen LogP contribution in [0, 0.1) is 0 Å². The lowest BCUT2D eigenvalue weighted by Crippen LogP contribution is -2.24. The highest BCUT2D eigenvalue weighted by Crippen LogP contribution is 2.09. The van der Waals surface area contributed by atoms with E-state index in [0.29, 0.717) is 0 Å². The van der Waals surface area contributed by atoms with Gasteiger partial charge in [0.2, 0.25) is 0 Å². The average molecular weight is 218 g/mol. The van der Waals surface area contributed by atoms with Crippen molar-refractivity contribution in [2.45, 2.75) is 12.2 Å². The second-order valence-corrected chi connectivity index (χ2v) is 3.14. The number of carbonyl (C=O) groups excluding carboxylic acids is 2. The summed E-state index contributed by atoms with van der Waals surface area (Å²) >= 11 is 0. The van der Waals surface area contributed by atoms with Crippen LogP contribution >= 0.6 is 0 Å². The smallest absolute Gasteiger partial charge is 0.430 e. The highest BCUT2D eigenvalue weighted by molar-refractivity contribution is 5.62. The molecule has 2 aliphatic rings. The van der Waals surface area contributed by atoms with Crippen LogP contribution in [0.25, 0.3) is 0 Å². The molecule has 0 aliphatic carbocycles. The zero-order chi connectivity index (χ0) is 10.7. The van der Waals surface area contributed by atoms with Gasteiger partial charge in [0, 0.05) is 0 Å². The van der Waals surface area contributed by atoms with E-state index in [9.17, 15) is 9.59 Å². The Morgan fingerprint density at radius 3 is 1.80 bits per heavy atom. The average Bonchev–Trinajstić information content (AvgIpc) is 2.76. The fourth-order valence-electron chi connectivity index (χ4n) is 1.23. The van der Waals surface area contributed by atoms with Crippen LogP contribution in [0.5, 0.6) is 0 Å². The molecule has 2 unspecified atom stereocenters. The van der Waals surface area contributed by atoms with Gasteiger partial charge in [0.1, 0.15) is 13.2 Å². The standard InChI is InChI=1S/C8H10O7/c9-7-12-3-5(14-7)1-11-2-6-4-13-8(10)15-6/h5-6H,1-4H2. The highest BCUT2D eigenvalue weighted by Gasteiger charge is 2.28. The summed E-state index contributed by atoms with van der Waals surface area (Å²) in [6.07, 6.45) is -2.12. The highest BCUT2D eigenvalue weighted by atomic mass is 16.8. The molecule has 2 atom stereocenters. The van der Waals surface area contributed by atoms with Gasteiger partial charge in [0.05, 0.1) is 13.2 Å². The molecular formula is C8H10O7. The number of rotatable bonds is 4. The molecule has 0 saturated carbocycles. The predicted octanol–water partition coefficient (Wildman–Crippen LogP) is 0.0738. The molecule has 0 aromatic heterocycles. The maximum absolute atomic E-state index is 10.5. The molecule has 7 heteroatoms. The molecule has 2 heterocycles. The third kappa shape index (κ3) is 2.72. The van der Waals surface area contributed by atoms with Crippen molar-refractivity contribution < 1.29 is 33.3 Å². The third-order valence-corrected chi connectivity index (χ3v) is 1.91.